The number of H-pyrrole nitrogens is 1. The zero-order chi connectivity index (χ0) is 16.4. The first-order valence-electron chi connectivity index (χ1n) is 7.49. The zero-order valence-corrected chi connectivity index (χ0v) is 13.4. The van der Waals surface area contributed by atoms with Crippen molar-refractivity contribution in [2.24, 2.45) is 0 Å². The minimum Gasteiger partial charge on any atom is -0.277 e. The number of hydrogen-bond donors (Lipinski definition) is 1. The maximum atomic E-state index is 5.95. The molecule has 0 spiro atoms. The molecule has 4 rings (SSSR count). The van der Waals surface area contributed by atoms with Crippen LogP contribution in [0, 0.1) is 0 Å². The minimum absolute atomic E-state index is 0.451. The predicted octanol–water partition coefficient (Wildman–Crippen LogP) is 4.85. The van der Waals surface area contributed by atoms with Crippen LogP contribution >= 0.6 is 11.6 Å². The highest BCUT2D eigenvalue weighted by Gasteiger charge is 2.08. The van der Waals surface area contributed by atoms with Crippen LogP contribution < -0.4 is 0 Å². The second-order valence-electron chi connectivity index (χ2n) is 5.33. The van der Waals surface area contributed by atoms with E-state index in [1.165, 1.54) is 0 Å². The number of halogens is 1. The van der Waals surface area contributed by atoms with Crippen LogP contribution in [0.1, 0.15) is 0 Å². The van der Waals surface area contributed by atoms with E-state index in [4.69, 9.17) is 11.6 Å². The van der Waals surface area contributed by atoms with Gasteiger partial charge in [0, 0.05) is 29.1 Å². The second kappa shape index (κ2) is 6.26. The molecule has 0 radical (unpaired) electrons. The maximum absolute atomic E-state index is 5.95. The first kappa shape index (κ1) is 14.6. The molecule has 3 heterocycles. The van der Waals surface area contributed by atoms with Gasteiger partial charge in [-0.2, -0.15) is 5.10 Å². The lowest BCUT2D eigenvalue weighted by Gasteiger charge is -2.03. The molecule has 116 valence electrons. The average Bonchev–Trinajstić information content (AvgIpc) is 3.13. The summed E-state index contributed by atoms with van der Waals surface area (Å²) in [7, 11) is 0. The maximum Gasteiger partial charge on any atom is 0.129 e. The molecule has 0 amide bonds. The van der Waals surface area contributed by atoms with Crippen LogP contribution in [0.4, 0.5) is 0 Å². The van der Waals surface area contributed by atoms with Crippen molar-refractivity contribution in [2.75, 3.05) is 0 Å². The molecule has 0 fully saturated rings. The van der Waals surface area contributed by atoms with Crippen molar-refractivity contribution in [1.82, 2.24) is 20.2 Å². The van der Waals surface area contributed by atoms with Crippen molar-refractivity contribution in [2.45, 2.75) is 0 Å². The van der Waals surface area contributed by atoms with E-state index in [0.717, 1.165) is 33.8 Å². The first-order valence-corrected chi connectivity index (χ1v) is 7.86. The first-order chi connectivity index (χ1) is 11.8. The van der Waals surface area contributed by atoms with Crippen molar-refractivity contribution >= 4 is 11.6 Å². The molecule has 0 atom stereocenters. The Bertz CT molecular complexity index is 979. The SMILES string of the molecule is Clc1cc(-c2cc(-c3ccnc(-c4ccccc4)c3)[nH]n2)ccn1. The molecule has 1 aromatic carbocycles. The number of pyridine rings is 2. The second-order valence-corrected chi connectivity index (χ2v) is 5.72. The number of benzene rings is 1. The summed E-state index contributed by atoms with van der Waals surface area (Å²) in [4.78, 5) is 8.45. The molecule has 3 aromatic heterocycles. The summed E-state index contributed by atoms with van der Waals surface area (Å²) >= 11 is 5.95. The van der Waals surface area contributed by atoms with Crippen molar-refractivity contribution < 1.29 is 0 Å². The van der Waals surface area contributed by atoms with E-state index in [-0.39, 0.29) is 0 Å². The number of rotatable bonds is 3. The molecule has 0 saturated heterocycles. The van der Waals surface area contributed by atoms with Crippen molar-refractivity contribution in [1.29, 1.82) is 0 Å². The van der Waals surface area contributed by atoms with E-state index < -0.39 is 0 Å². The summed E-state index contributed by atoms with van der Waals surface area (Å²) in [5.41, 5.74) is 5.72. The van der Waals surface area contributed by atoms with Gasteiger partial charge in [0.05, 0.1) is 17.1 Å². The molecular formula is C19H13ClN4. The molecule has 24 heavy (non-hydrogen) atoms. The Hall–Kier alpha value is -2.98. The van der Waals surface area contributed by atoms with Crippen LogP contribution in [0.2, 0.25) is 5.15 Å². The number of aromatic amines is 1. The van der Waals surface area contributed by atoms with Gasteiger partial charge in [-0.05, 0) is 30.3 Å². The van der Waals surface area contributed by atoms with Gasteiger partial charge in [0.1, 0.15) is 5.15 Å². The highest BCUT2D eigenvalue weighted by Crippen LogP contribution is 2.27. The van der Waals surface area contributed by atoms with E-state index in [0.29, 0.717) is 5.15 Å². The fourth-order valence-electron chi connectivity index (χ4n) is 2.54. The highest BCUT2D eigenvalue weighted by molar-refractivity contribution is 6.29. The average molecular weight is 333 g/mol. The molecule has 4 aromatic rings. The van der Waals surface area contributed by atoms with E-state index in [9.17, 15) is 0 Å². The predicted molar refractivity (Wildman–Crippen MR) is 95.5 cm³/mol. The Morgan fingerprint density at radius 1 is 0.708 bits per heavy atom. The number of nitrogens with one attached hydrogen (secondary N) is 1. The quantitative estimate of drug-likeness (QED) is 0.545. The lowest BCUT2D eigenvalue weighted by atomic mass is 10.1. The summed E-state index contributed by atoms with van der Waals surface area (Å²) < 4.78 is 0. The highest BCUT2D eigenvalue weighted by atomic mass is 35.5. The van der Waals surface area contributed by atoms with Crippen molar-refractivity contribution in [3.05, 3.63) is 78.2 Å². The van der Waals surface area contributed by atoms with E-state index in [1.54, 1.807) is 12.3 Å². The summed E-state index contributed by atoms with van der Waals surface area (Å²) in [5.74, 6) is 0. The van der Waals surface area contributed by atoms with Gasteiger partial charge >= 0.3 is 0 Å². The Kier molecular flexibility index (Phi) is 3.81. The van der Waals surface area contributed by atoms with Crippen LogP contribution in [0.25, 0.3) is 33.8 Å². The third-order valence-electron chi connectivity index (χ3n) is 3.74. The fraction of sp³-hybridized carbons (Fsp3) is 0. The number of nitrogens with zero attached hydrogens (tertiary/aromatic N) is 3. The fourth-order valence-corrected chi connectivity index (χ4v) is 2.72. The summed E-state index contributed by atoms with van der Waals surface area (Å²) in [6, 6.07) is 19.8. The van der Waals surface area contributed by atoms with Gasteiger partial charge in [-0.15, -0.1) is 0 Å². The van der Waals surface area contributed by atoms with Gasteiger partial charge in [0.2, 0.25) is 0 Å². The normalized spacial score (nSPS) is 10.7. The van der Waals surface area contributed by atoms with Crippen LogP contribution in [0.5, 0.6) is 0 Å². The lowest BCUT2D eigenvalue weighted by Crippen LogP contribution is -1.85. The summed E-state index contributed by atoms with van der Waals surface area (Å²) in [6.07, 6.45) is 3.48. The summed E-state index contributed by atoms with van der Waals surface area (Å²) in [5, 5.41) is 7.90. The Labute approximate surface area is 144 Å². The lowest BCUT2D eigenvalue weighted by molar-refractivity contribution is 1.10. The van der Waals surface area contributed by atoms with Gasteiger partial charge in [-0.3, -0.25) is 10.1 Å². The smallest absolute Gasteiger partial charge is 0.129 e. The van der Waals surface area contributed by atoms with Gasteiger partial charge in [0.15, 0.2) is 0 Å². The molecule has 0 aliphatic carbocycles. The molecular weight excluding hydrogens is 320 g/mol. The van der Waals surface area contributed by atoms with Crippen LogP contribution in [0.15, 0.2) is 73.1 Å². The molecule has 0 aliphatic heterocycles. The third-order valence-corrected chi connectivity index (χ3v) is 3.95. The number of hydrogen-bond acceptors (Lipinski definition) is 3. The molecule has 0 unspecified atom stereocenters. The molecule has 0 saturated carbocycles. The minimum atomic E-state index is 0.451. The molecule has 1 N–H and O–H groups in total. The van der Waals surface area contributed by atoms with Crippen molar-refractivity contribution in [3.63, 3.8) is 0 Å². The largest absolute Gasteiger partial charge is 0.277 e. The molecule has 5 heteroatoms. The summed E-state index contributed by atoms with van der Waals surface area (Å²) in [6.45, 7) is 0. The third kappa shape index (κ3) is 2.92. The molecule has 0 aliphatic rings. The van der Waals surface area contributed by atoms with E-state index >= 15 is 0 Å². The zero-order valence-electron chi connectivity index (χ0n) is 12.6. The number of aromatic nitrogens is 4. The van der Waals surface area contributed by atoms with E-state index in [1.807, 2.05) is 60.8 Å². The van der Waals surface area contributed by atoms with Gasteiger partial charge in [-0.25, -0.2) is 4.98 Å². The Morgan fingerprint density at radius 3 is 2.33 bits per heavy atom. The molecule has 4 nitrogen and oxygen atoms in total. The monoisotopic (exact) mass is 332 g/mol. The van der Waals surface area contributed by atoms with Crippen LogP contribution in [-0.4, -0.2) is 20.2 Å². The standard InChI is InChI=1S/C19H13ClN4/c20-19-11-15(7-9-22-19)18-12-17(23-24-18)14-6-8-21-16(10-14)13-4-2-1-3-5-13/h1-12H,(H,23,24). The van der Waals surface area contributed by atoms with Crippen molar-refractivity contribution in [3.8, 4) is 33.8 Å². The Balaban J connectivity index is 1.70. The van der Waals surface area contributed by atoms with Gasteiger partial charge in [0.25, 0.3) is 0 Å². The van der Waals surface area contributed by atoms with E-state index in [2.05, 4.69) is 20.2 Å². The topological polar surface area (TPSA) is 54.5 Å². The van der Waals surface area contributed by atoms with Crippen LogP contribution in [-0.2, 0) is 0 Å². The Morgan fingerprint density at radius 2 is 1.50 bits per heavy atom. The van der Waals surface area contributed by atoms with Crippen LogP contribution in [0.3, 0.4) is 0 Å². The molecule has 0 bridgehead atoms. The van der Waals surface area contributed by atoms with Gasteiger partial charge < -0.3 is 0 Å². The van der Waals surface area contributed by atoms with Gasteiger partial charge in [-0.1, -0.05) is 41.9 Å².